The van der Waals surface area contributed by atoms with Gasteiger partial charge in [0.05, 0.1) is 12.2 Å². The lowest BCUT2D eigenvalue weighted by atomic mass is 10.1. The van der Waals surface area contributed by atoms with Crippen LogP contribution in [0.5, 0.6) is 0 Å². The number of pyridine rings is 1. The van der Waals surface area contributed by atoms with Crippen molar-refractivity contribution >= 4 is 23.5 Å². The molecule has 1 fully saturated rings. The molecule has 4 N–H and O–H groups in total. The second kappa shape index (κ2) is 11.4. The number of nitriles is 1. The highest BCUT2D eigenvalue weighted by molar-refractivity contribution is 7.99. The van der Waals surface area contributed by atoms with E-state index in [1.807, 2.05) is 30.3 Å². The van der Waals surface area contributed by atoms with Gasteiger partial charge in [-0.2, -0.15) is 5.26 Å². The van der Waals surface area contributed by atoms with E-state index in [0.29, 0.717) is 11.4 Å². The number of nitrogens with two attached hydrogens (primary N) is 1. The number of nitrogens with zero attached hydrogens (tertiary/aromatic N) is 2. The van der Waals surface area contributed by atoms with E-state index in [1.165, 1.54) is 6.20 Å². The third-order valence-electron chi connectivity index (χ3n) is 3.81. The molecule has 1 aromatic carbocycles. The zero-order valence-electron chi connectivity index (χ0n) is 15.7. The topological polar surface area (TPSA) is 121 Å². The zero-order chi connectivity index (χ0) is 20.4. The smallest absolute Gasteiger partial charge is 0.247 e. The van der Waals surface area contributed by atoms with Crippen LogP contribution in [0.3, 0.4) is 0 Å². The second-order valence-corrected chi connectivity index (χ2v) is 7.21. The first-order valence-corrected chi connectivity index (χ1v) is 9.97. The number of carbonyl (C=O) groups is 1. The van der Waals surface area contributed by atoms with E-state index in [2.05, 4.69) is 22.0 Å². The number of amides is 1. The monoisotopic (exact) mass is 400 g/mol. The van der Waals surface area contributed by atoms with Crippen LogP contribution in [0.1, 0.15) is 36.9 Å². The van der Waals surface area contributed by atoms with E-state index >= 15 is 0 Å². The highest BCUT2D eigenvalue weighted by Crippen LogP contribution is 2.21. The molecular formula is C20H24N4O3S. The Labute approximate surface area is 168 Å². The molecule has 0 bridgehead atoms. The van der Waals surface area contributed by atoms with Gasteiger partial charge in [0, 0.05) is 17.5 Å². The number of thioether (sulfide) groups is 1. The van der Waals surface area contributed by atoms with Crippen molar-refractivity contribution in [3.8, 4) is 6.07 Å². The normalized spacial score (nSPS) is 16.0. The van der Waals surface area contributed by atoms with Gasteiger partial charge in [-0.3, -0.25) is 4.79 Å². The first-order chi connectivity index (χ1) is 13.5. The molecule has 2 unspecified atom stereocenters. The van der Waals surface area contributed by atoms with Crippen molar-refractivity contribution in [2.75, 3.05) is 17.7 Å². The minimum Gasteiger partial charge on any atom is -0.368 e. The van der Waals surface area contributed by atoms with Crippen LogP contribution in [-0.4, -0.2) is 34.6 Å². The van der Waals surface area contributed by atoms with E-state index < -0.39 is 12.3 Å². The summed E-state index contributed by atoms with van der Waals surface area (Å²) in [5.74, 6) is 1.10. The molecule has 3 rings (SSSR count). The summed E-state index contributed by atoms with van der Waals surface area (Å²) in [4.78, 5) is 17.3. The molecule has 2 heterocycles. The van der Waals surface area contributed by atoms with Crippen LogP contribution in [0.15, 0.2) is 47.5 Å². The highest BCUT2D eigenvalue weighted by Gasteiger charge is 2.16. The molecule has 7 nitrogen and oxygen atoms in total. The summed E-state index contributed by atoms with van der Waals surface area (Å²) in [7, 11) is 0. The number of rotatable bonds is 6. The van der Waals surface area contributed by atoms with Gasteiger partial charge < -0.3 is 20.9 Å². The molecule has 28 heavy (non-hydrogen) atoms. The molecule has 0 radical (unpaired) electrons. The Kier molecular flexibility index (Phi) is 8.91. The van der Waals surface area contributed by atoms with Gasteiger partial charge in [-0.25, -0.2) is 4.98 Å². The average molecular weight is 401 g/mol. The van der Waals surface area contributed by atoms with Crippen LogP contribution in [0.2, 0.25) is 0 Å². The predicted molar refractivity (Wildman–Crippen MR) is 109 cm³/mol. The van der Waals surface area contributed by atoms with Gasteiger partial charge in [-0.05, 0) is 42.0 Å². The minimum atomic E-state index is -0.766. The number of ether oxygens (including phenoxy) is 1. The Bertz CT molecular complexity index is 787. The Morgan fingerprint density at radius 2 is 2.11 bits per heavy atom. The summed E-state index contributed by atoms with van der Waals surface area (Å²) < 4.78 is 4.49. The van der Waals surface area contributed by atoms with Crippen LogP contribution in [0.25, 0.3) is 0 Å². The lowest BCUT2D eigenvalue weighted by Crippen LogP contribution is -2.28. The third kappa shape index (κ3) is 6.94. The number of anilines is 1. The molecule has 1 saturated heterocycles. The molecule has 2 atom stereocenters. The van der Waals surface area contributed by atoms with Gasteiger partial charge in [0.25, 0.3) is 0 Å². The number of benzene rings is 1. The molecule has 0 aliphatic carbocycles. The van der Waals surface area contributed by atoms with E-state index in [4.69, 9.17) is 16.1 Å². The molecule has 8 heteroatoms. The quantitative estimate of drug-likeness (QED) is 0.637. The van der Waals surface area contributed by atoms with Gasteiger partial charge in [0.2, 0.25) is 5.91 Å². The highest BCUT2D eigenvalue weighted by atomic mass is 32.2. The average Bonchev–Trinajstić information content (AvgIpc) is 2.71. The summed E-state index contributed by atoms with van der Waals surface area (Å²) in [6.07, 6.45) is 2.90. The van der Waals surface area contributed by atoms with Crippen LogP contribution < -0.4 is 11.1 Å². The molecule has 2 aromatic rings. The first-order valence-electron chi connectivity index (χ1n) is 8.98. The summed E-state index contributed by atoms with van der Waals surface area (Å²) in [6.45, 7) is 2.87. The Balaban J connectivity index is 0.000000485. The first kappa shape index (κ1) is 21.9. The summed E-state index contributed by atoms with van der Waals surface area (Å²) >= 11 is 1.78. The zero-order valence-corrected chi connectivity index (χ0v) is 16.5. The lowest BCUT2D eigenvalue weighted by molar-refractivity contribution is -0.182. The fourth-order valence-corrected chi connectivity index (χ4v) is 2.87. The van der Waals surface area contributed by atoms with Gasteiger partial charge in [-0.15, -0.1) is 11.8 Å². The Morgan fingerprint density at radius 1 is 1.43 bits per heavy atom. The van der Waals surface area contributed by atoms with Crippen molar-refractivity contribution in [3.63, 3.8) is 0 Å². The van der Waals surface area contributed by atoms with Crippen molar-refractivity contribution in [2.45, 2.75) is 37.0 Å². The Morgan fingerprint density at radius 3 is 2.57 bits per heavy atom. The number of hydrogen-bond acceptors (Lipinski definition) is 7. The summed E-state index contributed by atoms with van der Waals surface area (Å²) in [6, 6.07) is 12.1. The fraction of sp³-hybridized carbons (Fsp3) is 0.350. The van der Waals surface area contributed by atoms with Crippen LogP contribution in [0, 0.1) is 11.3 Å². The molecule has 1 amide bonds. The standard InChI is InChI=1S/C17H18N4OS.C3H6O2/c1-2-9-23-14-6-4-13(5-7-14)16(19)17(22)21-15-8-3-12(10-18)11-20-15;4-3-1-2-5-3/h3-8,11,16H,2,9,19H2,1H3,(H,20,21,22);3-4H,1-2H2. The lowest BCUT2D eigenvalue weighted by Gasteiger charge is -2.19. The maximum Gasteiger partial charge on any atom is 0.247 e. The second-order valence-electron chi connectivity index (χ2n) is 6.04. The predicted octanol–water partition coefficient (Wildman–Crippen LogP) is 2.82. The Hall–Kier alpha value is -2.44. The largest absolute Gasteiger partial charge is 0.368 e. The maximum atomic E-state index is 12.2. The molecule has 0 spiro atoms. The summed E-state index contributed by atoms with van der Waals surface area (Å²) in [5, 5.41) is 19.6. The van der Waals surface area contributed by atoms with Crippen molar-refractivity contribution in [1.29, 1.82) is 5.26 Å². The molecule has 0 saturated carbocycles. The maximum absolute atomic E-state index is 12.2. The van der Waals surface area contributed by atoms with Crippen LogP contribution in [0.4, 0.5) is 5.82 Å². The van der Waals surface area contributed by atoms with Crippen molar-refractivity contribution in [2.24, 2.45) is 5.73 Å². The fourth-order valence-electron chi connectivity index (χ4n) is 2.10. The van der Waals surface area contributed by atoms with Gasteiger partial charge in [0.15, 0.2) is 6.29 Å². The number of nitrogens with one attached hydrogen (secondary N) is 1. The SMILES string of the molecule is CCCSc1ccc(C(N)C(=O)Nc2ccc(C#N)cn2)cc1.OC1CCO1. The minimum absolute atomic E-state index is 0.337. The number of aliphatic hydroxyl groups is 1. The van der Waals surface area contributed by atoms with Gasteiger partial charge >= 0.3 is 0 Å². The van der Waals surface area contributed by atoms with Gasteiger partial charge in [-0.1, -0.05) is 19.1 Å². The van der Waals surface area contributed by atoms with Crippen LogP contribution >= 0.6 is 11.8 Å². The molecule has 148 valence electrons. The third-order valence-corrected chi connectivity index (χ3v) is 5.03. The van der Waals surface area contributed by atoms with E-state index in [9.17, 15) is 4.79 Å². The molecular weight excluding hydrogens is 376 g/mol. The van der Waals surface area contributed by atoms with E-state index in [0.717, 1.165) is 35.7 Å². The van der Waals surface area contributed by atoms with Crippen molar-refractivity contribution in [3.05, 3.63) is 53.7 Å². The summed E-state index contributed by atoms with van der Waals surface area (Å²) in [5.41, 5.74) is 7.18. The number of aromatic nitrogens is 1. The van der Waals surface area contributed by atoms with Crippen LogP contribution in [-0.2, 0) is 9.53 Å². The van der Waals surface area contributed by atoms with E-state index in [1.54, 1.807) is 23.9 Å². The van der Waals surface area contributed by atoms with E-state index in [-0.39, 0.29) is 5.91 Å². The molecule has 1 aliphatic rings. The number of carbonyl (C=O) groups excluding carboxylic acids is 1. The van der Waals surface area contributed by atoms with Gasteiger partial charge in [0.1, 0.15) is 17.9 Å². The number of hydrogen-bond donors (Lipinski definition) is 3. The van der Waals surface area contributed by atoms with Crippen molar-refractivity contribution in [1.82, 2.24) is 4.98 Å². The molecule has 1 aromatic heterocycles. The van der Waals surface area contributed by atoms with Crippen molar-refractivity contribution < 1.29 is 14.6 Å². The number of aliphatic hydroxyl groups excluding tert-OH is 1. The molecule has 1 aliphatic heterocycles.